The Morgan fingerprint density at radius 1 is 1.06 bits per heavy atom. The molecule has 0 heterocycles. The van der Waals surface area contributed by atoms with Gasteiger partial charge in [-0.25, -0.2) is 0 Å². The average Bonchev–Trinajstić information content (AvgIpc) is 2.30. The van der Waals surface area contributed by atoms with E-state index in [2.05, 4.69) is 6.92 Å². The molecule has 0 unspecified atom stereocenters. The Bertz CT molecular complexity index is 284. The van der Waals surface area contributed by atoms with Crippen LogP contribution in [0.1, 0.15) is 64.7 Å². The largest absolute Gasteiger partial charge is 0.481 e. The van der Waals surface area contributed by atoms with Gasteiger partial charge >= 0.3 is 5.97 Å². The van der Waals surface area contributed by atoms with Crippen molar-refractivity contribution in [3.05, 3.63) is 0 Å². The van der Waals surface area contributed by atoms with Crippen molar-refractivity contribution in [2.24, 2.45) is 10.8 Å². The minimum Gasteiger partial charge on any atom is -0.481 e. The molecular formula is C14H24O3. The van der Waals surface area contributed by atoms with Crippen molar-refractivity contribution in [1.82, 2.24) is 0 Å². The Balaban J connectivity index is 2.24. The summed E-state index contributed by atoms with van der Waals surface area (Å²) in [5.74, 6) is -0.631. The third-order valence-electron chi connectivity index (χ3n) is 5.33. The standard InChI is InChI=1S/C14H24O3/c1-13(7-3-2-4-8-13)14(12(16)17)9-5-11(15)6-10-14/h11,15H,2-10H2,1H3,(H,16,17). The first-order valence-corrected chi connectivity index (χ1v) is 6.92. The summed E-state index contributed by atoms with van der Waals surface area (Å²) in [6.45, 7) is 2.16. The molecule has 0 bridgehead atoms. The van der Waals surface area contributed by atoms with Crippen LogP contribution in [0.25, 0.3) is 0 Å². The molecule has 0 spiro atoms. The second-order valence-corrected chi connectivity index (χ2v) is 6.24. The lowest BCUT2D eigenvalue weighted by molar-refractivity contribution is -0.166. The predicted molar refractivity (Wildman–Crippen MR) is 65.7 cm³/mol. The first kappa shape index (κ1) is 12.9. The fraction of sp³-hybridized carbons (Fsp3) is 0.929. The first-order chi connectivity index (χ1) is 8.00. The van der Waals surface area contributed by atoms with Crippen LogP contribution in [0.15, 0.2) is 0 Å². The first-order valence-electron chi connectivity index (χ1n) is 6.92. The number of aliphatic hydroxyl groups excluding tert-OH is 1. The summed E-state index contributed by atoms with van der Waals surface area (Å²) in [7, 11) is 0. The number of hydrogen-bond donors (Lipinski definition) is 2. The lowest BCUT2D eigenvalue weighted by Gasteiger charge is -2.50. The normalized spacial score (nSPS) is 37.6. The molecule has 0 amide bonds. The molecule has 3 heteroatoms. The fourth-order valence-electron chi connectivity index (χ4n) is 3.98. The molecule has 2 fully saturated rings. The van der Waals surface area contributed by atoms with E-state index in [9.17, 15) is 15.0 Å². The van der Waals surface area contributed by atoms with Gasteiger partial charge in [-0.2, -0.15) is 0 Å². The van der Waals surface area contributed by atoms with Crippen LogP contribution in [0.2, 0.25) is 0 Å². The van der Waals surface area contributed by atoms with Crippen molar-refractivity contribution >= 4 is 5.97 Å². The molecule has 0 saturated heterocycles. The Morgan fingerprint density at radius 2 is 1.59 bits per heavy atom. The molecule has 0 aromatic rings. The van der Waals surface area contributed by atoms with Crippen LogP contribution >= 0.6 is 0 Å². The Morgan fingerprint density at radius 3 is 2.06 bits per heavy atom. The van der Waals surface area contributed by atoms with Gasteiger partial charge in [0.2, 0.25) is 0 Å². The molecule has 0 atom stereocenters. The van der Waals surface area contributed by atoms with Gasteiger partial charge in [-0.3, -0.25) is 4.79 Å². The predicted octanol–water partition coefficient (Wildman–Crippen LogP) is 2.96. The smallest absolute Gasteiger partial charge is 0.310 e. The minimum atomic E-state index is -0.631. The van der Waals surface area contributed by atoms with Gasteiger partial charge in [0.15, 0.2) is 0 Å². The van der Waals surface area contributed by atoms with Crippen molar-refractivity contribution in [2.45, 2.75) is 70.8 Å². The number of carboxylic acid groups (broad SMARTS) is 1. The molecule has 17 heavy (non-hydrogen) atoms. The van der Waals surface area contributed by atoms with Crippen LogP contribution in [0.5, 0.6) is 0 Å². The number of hydrogen-bond acceptors (Lipinski definition) is 2. The highest BCUT2D eigenvalue weighted by atomic mass is 16.4. The molecule has 3 nitrogen and oxygen atoms in total. The lowest BCUT2D eigenvalue weighted by Crippen LogP contribution is -2.50. The van der Waals surface area contributed by atoms with E-state index in [0.717, 1.165) is 25.7 Å². The molecule has 2 saturated carbocycles. The summed E-state index contributed by atoms with van der Waals surface area (Å²) in [6, 6.07) is 0. The van der Waals surface area contributed by atoms with E-state index in [0.29, 0.717) is 25.7 Å². The minimum absolute atomic E-state index is 0.0583. The van der Waals surface area contributed by atoms with Crippen molar-refractivity contribution in [3.8, 4) is 0 Å². The topological polar surface area (TPSA) is 57.5 Å². The van der Waals surface area contributed by atoms with Gasteiger partial charge < -0.3 is 10.2 Å². The summed E-state index contributed by atoms with van der Waals surface area (Å²) in [5, 5.41) is 19.3. The molecule has 2 N–H and O–H groups in total. The highest BCUT2D eigenvalue weighted by molar-refractivity contribution is 5.76. The summed E-state index contributed by atoms with van der Waals surface area (Å²) < 4.78 is 0. The van der Waals surface area contributed by atoms with Crippen LogP contribution in [-0.4, -0.2) is 22.3 Å². The highest BCUT2D eigenvalue weighted by Crippen LogP contribution is 2.56. The highest BCUT2D eigenvalue weighted by Gasteiger charge is 2.54. The summed E-state index contributed by atoms with van der Waals surface area (Å²) in [4.78, 5) is 11.8. The maximum atomic E-state index is 11.8. The number of rotatable bonds is 2. The van der Waals surface area contributed by atoms with Crippen LogP contribution < -0.4 is 0 Å². The van der Waals surface area contributed by atoms with Crippen molar-refractivity contribution in [1.29, 1.82) is 0 Å². The molecular weight excluding hydrogens is 216 g/mol. The molecule has 0 radical (unpaired) electrons. The summed E-state index contributed by atoms with van der Waals surface area (Å²) in [6.07, 6.45) is 7.97. The number of aliphatic hydroxyl groups is 1. The zero-order valence-electron chi connectivity index (χ0n) is 10.7. The van der Waals surface area contributed by atoms with Gasteiger partial charge in [-0.05, 0) is 43.9 Å². The molecule has 0 aliphatic heterocycles. The Hall–Kier alpha value is -0.570. The molecule has 0 aromatic heterocycles. The fourth-order valence-corrected chi connectivity index (χ4v) is 3.98. The summed E-state index contributed by atoms with van der Waals surface area (Å²) in [5.41, 5.74) is -0.635. The third kappa shape index (κ3) is 2.10. The van der Waals surface area contributed by atoms with E-state index < -0.39 is 11.4 Å². The molecule has 2 rings (SSSR count). The van der Waals surface area contributed by atoms with Gasteiger partial charge in [0.05, 0.1) is 11.5 Å². The number of aliphatic carboxylic acids is 1. The van der Waals surface area contributed by atoms with E-state index in [1.807, 2.05) is 0 Å². The number of carboxylic acids is 1. The van der Waals surface area contributed by atoms with Crippen LogP contribution in [0, 0.1) is 10.8 Å². The lowest BCUT2D eigenvalue weighted by atomic mass is 9.53. The Kier molecular flexibility index (Phi) is 3.48. The number of carbonyl (C=O) groups is 1. The zero-order valence-corrected chi connectivity index (χ0v) is 10.7. The molecule has 2 aliphatic carbocycles. The molecule has 0 aromatic carbocycles. The van der Waals surface area contributed by atoms with E-state index in [1.165, 1.54) is 6.42 Å². The second-order valence-electron chi connectivity index (χ2n) is 6.24. The average molecular weight is 240 g/mol. The van der Waals surface area contributed by atoms with Gasteiger partial charge in [0.25, 0.3) is 0 Å². The van der Waals surface area contributed by atoms with Gasteiger partial charge in [-0.15, -0.1) is 0 Å². The van der Waals surface area contributed by atoms with Gasteiger partial charge in [0.1, 0.15) is 0 Å². The van der Waals surface area contributed by atoms with Crippen molar-refractivity contribution in [3.63, 3.8) is 0 Å². The molecule has 98 valence electrons. The maximum Gasteiger partial charge on any atom is 0.310 e. The van der Waals surface area contributed by atoms with E-state index in [1.54, 1.807) is 0 Å². The maximum absolute atomic E-state index is 11.8. The summed E-state index contributed by atoms with van der Waals surface area (Å²) >= 11 is 0. The zero-order chi connectivity index (χ0) is 12.5. The second kappa shape index (κ2) is 4.60. The van der Waals surface area contributed by atoms with Crippen molar-refractivity contribution in [2.75, 3.05) is 0 Å². The quantitative estimate of drug-likeness (QED) is 0.780. The van der Waals surface area contributed by atoms with Gasteiger partial charge in [-0.1, -0.05) is 26.2 Å². The Labute approximate surface area is 103 Å². The van der Waals surface area contributed by atoms with Crippen LogP contribution in [0.4, 0.5) is 0 Å². The molecule has 2 aliphatic rings. The van der Waals surface area contributed by atoms with E-state index in [-0.39, 0.29) is 11.5 Å². The van der Waals surface area contributed by atoms with E-state index >= 15 is 0 Å². The van der Waals surface area contributed by atoms with Crippen molar-refractivity contribution < 1.29 is 15.0 Å². The van der Waals surface area contributed by atoms with E-state index in [4.69, 9.17) is 0 Å². The van der Waals surface area contributed by atoms with Gasteiger partial charge in [0, 0.05) is 0 Å². The van der Waals surface area contributed by atoms with Crippen LogP contribution in [-0.2, 0) is 4.79 Å². The SMILES string of the molecule is CC1(C2(C(=O)O)CCC(O)CC2)CCCCC1. The monoisotopic (exact) mass is 240 g/mol. The third-order valence-corrected chi connectivity index (χ3v) is 5.33. The van der Waals surface area contributed by atoms with Crippen LogP contribution in [0.3, 0.4) is 0 Å².